The van der Waals surface area contributed by atoms with Crippen molar-refractivity contribution in [3.8, 4) is 5.88 Å². The van der Waals surface area contributed by atoms with Gasteiger partial charge in [0.05, 0.1) is 5.52 Å². The molecule has 0 atom stereocenters. The van der Waals surface area contributed by atoms with Crippen LogP contribution in [0.1, 0.15) is 70.8 Å². The van der Waals surface area contributed by atoms with Gasteiger partial charge >= 0.3 is 0 Å². The minimum atomic E-state index is -0.222. The van der Waals surface area contributed by atoms with E-state index in [1.807, 2.05) is 29.7 Å². The molecule has 1 N–H and O–H groups in total. The number of hydrogen-bond donors (Lipinski definition) is 1. The zero-order valence-electron chi connectivity index (χ0n) is 16.3. The molecule has 0 aliphatic heterocycles. The van der Waals surface area contributed by atoms with Crippen molar-refractivity contribution >= 4 is 22.5 Å². The minimum absolute atomic E-state index is 0.101. The van der Waals surface area contributed by atoms with Crippen LogP contribution in [0.25, 0.3) is 10.9 Å². The molecular weight excluding hydrogens is 326 g/mol. The summed E-state index contributed by atoms with van der Waals surface area (Å²) in [5.74, 6) is -0.121. The highest BCUT2D eigenvalue weighted by atomic mass is 16.3. The van der Waals surface area contributed by atoms with E-state index in [-0.39, 0.29) is 11.8 Å². The lowest BCUT2D eigenvalue weighted by Gasteiger charge is -2.06. The topological polar surface area (TPSA) is 66.9 Å². The second kappa shape index (κ2) is 10.1. The molecule has 0 saturated carbocycles. The third-order valence-corrected chi connectivity index (χ3v) is 4.66. The molecule has 1 amide bonds. The van der Waals surface area contributed by atoms with E-state index in [2.05, 4.69) is 24.1 Å². The summed E-state index contributed by atoms with van der Waals surface area (Å²) in [5.41, 5.74) is 2.43. The van der Waals surface area contributed by atoms with Gasteiger partial charge in [-0.25, -0.2) is 0 Å². The molecule has 0 saturated heterocycles. The first-order valence-corrected chi connectivity index (χ1v) is 9.84. The van der Waals surface area contributed by atoms with Gasteiger partial charge in [-0.05, 0) is 31.9 Å². The third-order valence-electron chi connectivity index (χ3n) is 4.66. The highest BCUT2D eigenvalue weighted by molar-refractivity contribution is 5.95. The highest BCUT2D eigenvalue weighted by Crippen LogP contribution is 2.39. The van der Waals surface area contributed by atoms with Crippen LogP contribution in [0.3, 0.4) is 0 Å². The molecule has 1 aromatic heterocycles. The predicted molar refractivity (Wildman–Crippen MR) is 106 cm³/mol. The number of carbonyl (C=O) groups is 1. The fourth-order valence-electron chi connectivity index (χ4n) is 3.14. The summed E-state index contributed by atoms with van der Waals surface area (Å²) in [6, 6.07) is 6.02. The molecule has 2 aromatic rings. The summed E-state index contributed by atoms with van der Waals surface area (Å²) in [6.07, 6.45) is 7.80. The van der Waals surface area contributed by atoms with Crippen molar-refractivity contribution in [1.29, 1.82) is 0 Å². The Morgan fingerprint density at radius 1 is 1.08 bits per heavy atom. The lowest BCUT2D eigenvalue weighted by Crippen LogP contribution is -1.96. The zero-order chi connectivity index (χ0) is 18.9. The van der Waals surface area contributed by atoms with E-state index in [0.29, 0.717) is 12.1 Å². The number of amides is 1. The van der Waals surface area contributed by atoms with Gasteiger partial charge in [-0.1, -0.05) is 57.6 Å². The average molecular weight is 357 g/mol. The first kappa shape index (κ1) is 20.1. The number of unbranched alkanes of at least 4 members (excludes halogenated alkanes) is 5. The van der Waals surface area contributed by atoms with E-state index in [0.717, 1.165) is 68.0 Å². The molecule has 0 unspecified atom stereocenters. The summed E-state index contributed by atoms with van der Waals surface area (Å²) < 4.78 is 1.88. The second-order valence-electron chi connectivity index (χ2n) is 6.96. The van der Waals surface area contributed by atoms with E-state index >= 15 is 0 Å². The fraction of sp³-hybridized carbons (Fsp3) is 0.571. The molecule has 0 spiro atoms. The number of carbonyl (C=O) groups excluding carboxylic acids is 1. The number of nitrogens with zero attached hydrogens (tertiary/aromatic N) is 3. The van der Waals surface area contributed by atoms with Crippen LogP contribution in [0, 0.1) is 6.92 Å². The van der Waals surface area contributed by atoms with E-state index in [4.69, 9.17) is 0 Å². The van der Waals surface area contributed by atoms with Crippen molar-refractivity contribution in [2.45, 2.75) is 78.7 Å². The Bertz CT molecular complexity index is 762. The Morgan fingerprint density at radius 2 is 1.81 bits per heavy atom. The van der Waals surface area contributed by atoms with Crippen molar-refractivity contribution in [3.05, 3.63) is 23.8 Å². The molecule has 0 aliphatic carbocycles. The normalized spacial score (nSPS) is 11.7. The maximum atomic E-state index is 12.0. The highest BCUT2D eigenvalue weighted by Gasteiger charge is 2.17. The minimum Gasteiger partial charge on any atom is -0.493 e. The van der Waals surface area contributed by atoms with E-state index in [1.54, 1.807) is 0 Å². The standard InChI is InChI=1S/C21H31N3O2/c1-4-6-8-9-11-19(25)22-23-20-17-15-16(3)12-13-18(17)24(21(20)26)14-10-7-5-2/h12-13,15,26H,4-11,14H2,1-3H3. The number of rotatable bonds is 10. The molecule has 0 aliphatic rings. The van der Waals surface area contributed by atoms with Crippen molar-refractivity contribution in [1.82, 2.24) is 4.57 Å². The molecule has 142 valence electrons. The van der Waals surface area contributed by atoms with E-state index in [1.165, 1.54) is 0 Å². The van der Waals surface area contributed by atoms with Crippen molar-refractivity contribution in [2.24, 2.45) is 10.2 Å². The third kappa shape index (κ3) is 5.16. The zero-order valence-corrected chi connectivity index (χ0v) is 16.3. The Kier molecular flexibility index (Phi) is 7.82. The van der Waals surface area contributed by atoms with Crippen LogP contribution in [0.15, 0.2) is 28.4 Å². The van der Waals surface area contributed by atoms with Gasteiger partial charge in [0.2, 0.25) is 5.88 Å². The number of fused-ring (bicyclic) bond motifs is 1. The number of aryl methyl sites for hydroxylation is 2. The van der Waals surface area contributed by atoms with Crippen LogP contribution in [-0.4, -0.2) is 15.6 Å². The summed E-state index contributed by atoms with van der Waals surface area (Å²) in [7, 11) is 0. The molecule has 1 aromatic carbocycles. The van der Waals surface area contributed by atoms with Gasteiger partial charge in [-0.3, -0.25) is 4.79 Å². The number of hydrogen-bond acceptors (Lipinski definition) is 3. The Balaban J connectivity index is 2.22. The average Bonchev–Trinajstić information content (AvgIpc) is 2.88. The Labute approximate surface area is 156 Å². The number of aromatic hydroxyl groups is 1. The summed E-state index contributed by atoms with van der Waals surface area (Å²) in [6.45, 7) is 7.04. The SMILES string of the molecule is CCCCCCC(=O)N=Nc1c(O)n(CCCCC)c2ccc(C)cc12. The van der Waals surface area contributed by atoms with Crippen molar-refractivity contribution in [2.75, 3.05) is 0 Å². The smallest absolute Gasteiger partial charge is 0.264 e. The van der Waals surface area contributed by atoms with Gasteiger partial charge in [0, 0.05) is 18.4 Å². The quantitative estimate of drug-likeness (QED) is 0.393. The lowest BCUT2D eigenvalue weighted by atomic mass is 10.1. The largest absolute Gasteiger partial charge is 0.493 e. The Hall–Kier alpha value is -2.17. The molecule has 1 heterocycles. The summed E-state index contributed by atoms with van der Waals surface area (Å²) in [5, 5.41) is 19.5. The van der Waals surface area contributed by atoms with Crippen LogP contribution in [-0.2, 0) is 11.3 Å². The maximum Gasteiger partial charge on any atom is 0.264 e. The van der Waals surface area contributed by atoms with Gasteiger partial charge in [0.1, 0.15) is 0 Å². The second-order valence-corrected chi connectivity index (χ2v) is 6.96. The van der Waals surface area contributed by atoms with Crippen LogP contribution < -0.4 is 0 Å². The number of aromatic nitrogens is 1. The molecule has 2 rings (SSSR count). The van der Waals surface area contributed by atoms with Gasteiger partial charge < -0.3 is 9.67 Å². The van der Waals surface area contributed by atoms with Gasteiger partial charge in [-0.15, -0.1) is 10.2 Å². The van der Waals surface area contributed by atoms with Gasteiger partial charge in [-0.2, -0.15) is 0 Å². The molecule has 5 nitrogen and oxygen atoms in total. The van der Waals surface area contributed by atoms with Crippen molar-refractivity contribution < 1.29 is 9.90 Å². The van der Waals surface area contributed by atoms with Crippen LogP contribution in [0.4, 0.5) is 5.69 Å². The van der Waals surface area contributed by atoms with Gasteiger partial charge in [0.25, 0.3) is 5.91 Å². The van der Waals surface area contributed by atoms with Crippen LogP contribution in [0.5, 0.6) is 5.88 Å². The first-order valence-electron chi connectivity index (χ1n) is 9.84. The molecule has 0 bridgehead atoms. The lowest BCUT2D eigenvalue weighted by molar-refractivity contribution is -0.118. The van der Waals surface area contributed by atoms with E-state index < -0.39 is 0 Å². The van der Waals surface area contributed by atoms with Crippen LogP contribution in [0.2, 0.25) is 0 Å². The number of azo groups is 1. The molecule has 26 heavy (non-hydrogen) atoms. The van der Waals surface area contributed by atoms with Gasteiger partial charge in [0.15, 0.2) is 5.69 Å². The van der Waals surface area contributed by atoms with Crippen LogP contribution >= 0.6 is 0 Å². The first-order chi connectivity index (χ1) is 12.6. The van der Waals surface area contributed by atoms with E-state index in [9.17, 15) is 9.90 Å². The predicted octanol–water partition coefficient (Wildman–Crippen LogP) is 6.43. The summed E-state index contributed by atoms with van der Waals surface area (Å²) in [4.78, 5) is 12.0. The Morgan fingerprint density at radius 3 is 2.54 bits per heavy atom. The maximum absolute atomic E-state index is 12.0. The molecule has 5 heteroatoms. The summed E-state index contributed by atoms with van der Waals surface area (Å²) >= 11 is 0. The number of benzene rings is 1. The molecule has 0 fully saturated rings. The fourth-order valence-corrected chi connectivity index (χ4v) is 3.14. The monoisotopic (exact) mass is 357 g/mol. The molecular formula is C21H31N3O2. The molecule has 0 radical (unpaired) electrons. The van der Waals surface area contributed by atoms with Crippen molar-refractivity contribution in [3.63, 3.8) is 0 Å².